The van der Waals surface area contributed by atoms with Gasteiger partial charge < -0.3 is 10.4 Å². The summed E-state index contributed by atoms with van der Waals surface area (Å²) in [4.78, 5) is 2.31. The number of aliphatic hydroxyl groups is 1. The number of aliphatic hydroxyl groups excluding tert-OH is 1. The summed E-state index contributed by atoms with van der Waals surface area (Å²) in [6, 6.07) is 4.49. The Morgan fingerprint density at radius 1 is 1.38 bits per heavy atom. The SMILES string of the molecule is CC(C)(CO)[C@@H](c1ccc(F)cc1Cl)N1CCNCC1.Cl. The number of hydrogen-bond acceptors (Lipinski definition) is 3. The number of nitrogens with one attached hydrogen (secondary N) is 1. The number of nitrogens with zero attached hydrogens (tertiary/aromatic N) is 1. The van der Waals surface area contributed by atoms with E-state index < -0.39 is 0 Å². The average molecular weight is 337 g/mol. The molecule has 3 nitrogen and oxygen atoms in total. The lowest BCUT2D eigenvalue weighted by Crippen LogP contribution is -2.49. The maximum absolute atomic E-state index is 13.3. The van der Waals surface area contributed by atoms with Crippen LogP contribution in [0.1, 0.15) is 25.5 Å². The molecule has 1 aromatic carbocycles. The normalized spacial score (nSPS) is 18.1. The van der Waals surface area contributed by atoms with Gasteiger partial charge in [0.25, 0.3) is 0 Å². The first-order valence-electron chi connectivity index (χ1n) is 6.96. The highest BCUT2D eigenvalue weighted by Crippen LogP contribution is 2.41. The molecule has 1 saturated heterocycles. The predicted molar refractivity (Wildman–Crippen MR) is 86.7 cm³/mol. The summed E-state index contributed by atoms with van der Waals surface area (Å²) in [5.74, 6) is -0.334. The minimum absolute atomic E-state index is 0. The molecule has 21 heavy (non-hydrogen) atoms. The summed E-state index contributed by atoms with van der Waals surface area (Å²) in [6.45, 7) is 7.69. The molecule has 1 aromatic rings. The molecule has 1 fully saturated rings. The molecular formula is C15H23Cl2FN2O. The van der Waals surface area contributed by atoms with E-state index in [0.717, 1.165) is 31.7 Å². The van der Waals surface area contributed by atoms with Crippen LogP contribution < -0.4 is 5.32 Å². The quantitative estimate of drug-likeness (QED) is 0.887. The van der Waals surface area contributed by atoms with Crippen molar-refractivity contribution in [2.24, 2.45) is 5.41 Å². The Labute approximate surface area is 136 Å². The van der Waals surface area contributed by atoms with Crippen LogP contribution in [-0.2, 0) is 0 Å². The molecule has 0 spiro atoms. The van der Waals surface area contributed by atoms with Crippen LogP contribution in [0.4, 0.5) is 4.39 Å². The van der Waals surface area contributed by atoms with E-state index in [1.807, 2.05) is 13.8 Å². The first-order chi connectivity index (χ1) is 9.45. The topological polar surface area (TPSA) is 35.5 Å². The third-order valence-corrected chi connectivity index (χ3v) is 4.25. The van der Waals surface area contributed by atoms with Crippen LogP contribution in [0.15, 0.2) is 18.2 Å². The average Bonchev–Trinajstić information content (AvgIpc) is 2.43. The standard InChI is InChI=1S/C15H22ClFN2O.ClH/c1-15(2,10-20)14(19-7-5-18-6-8-19)12-4-3-11(17)9-13(12)16;/h3-4,9,14,18,20H,5-8,10H2,1-2H3;1H/t14-;/m1./s1. The van der Waals surface area contributed by atoms with E-state index in [1.165, 1.54) is 12.1 Å². The van der Waals surface area contributed by atoms with Crippen LogP contribution in [0, 0.1) is 11.2 Å². The van der Waals surface area contributed by atoms with Crippen LogP contribution >= 0.6 is 24.0 Å². The fourth-order valence-electron chi connectivity index (χ4n) is 2.86. The van der Waals surface area contributed by atoms with E-state index in [-0.39, 0.29) is 36.3 Å². The molecule has 0 amide bonds. The first kappa shape index (κ1) is 18.7. The lowest BCUT2D eigenvalue weighted by Gasteiger charge is -2.43. The second-order valence-electron chi connectivity index (χ2n) is 6.00. The van der Waals surface area contributed by atoms with Gasteiger partial charge in [-0.1, -0.05) is 31.5 Å². The highest BCUT2D eigenvalue weighted by molar-refractivity contribution is 6.31. The van der Waals surface area contributed by atoms with Crippen molar-refractivity contribution in [1.82, 2.24) is 10.2 Å². The van der Waals surface area contributed by atoms with Gasteiger partial charge in [0.1, 0.15) is 5.82 Å². The molecule has 2 N–H and O–H groups in total. The first-order valence-corrected chi connectivity index (χ1v) is 7.34. The molecule has 0 radical (unpaired) electrons. The van der Waals surface area contributed by atoms with E-state index in [9.17, 15) is 9.50 Å². The Morgan fingerprint density at radius 2 is 2.00 bits per heavy atom. The van der Waals surface area contributed by atoms with E-state index in [2.05, 4.69) is 10.2 Å². The lowest BCUT2D eigenvalue weighted by molar-refractivity contribution is 0.0305. The van der Waals surface area contributed by atoms with Gasteiger partial charge in [-0.25, -0.2) is 4.39 Å². The maximum Gasteiger partial charge on any atom is 0.124 e. The minimum atomic E-state index is -0.348. The van der Waals surface area contributed by atoms with Crippen LogP contribution in [0.2, 0.25) is 5.02 Å². The zero-order valence-electron chi connectivity index (χ0n) is 12.4. The van der Waals surface area contributed by atoms with Crippen molar-refractivity contribution in [3.63, 3.8) is 0 Å². The molecule has 1 aliphatic rings. The molecule has 120 valence electrons. The van der Waals surface area contributed by atoms with Crippen molar-refractivity contribution in [2.45, 2.75) is 19.9 Å². The molecule has 1 heterocycles. The van der Waals surface area contributed by atoms with E-state index >= 15 is 0 Å². The minimum Gasteiger partial charge on any atom is -0.396 e. The van der Waals surface area contributed by atoms with Crippen LogP contribution in [-0.4, -0.2) is 42.8 Å². The fourth-order valence-corrected chi connectivity index (χ4v) is 3.13. The number of benzene rings is 1. The number of hydrogen-bond donors (Lipinski definition) is 2. The molecule has 0 aromatic heterocycles. The second-order valence-corrected chi connectivity index (χ2v) is 6.41. The third kappa shape index (κ3) is 4.30. The molecular weight excluding hydrogens is 314 g/mol. The van der Waals surface area contributed by atoms with Gasteiger partial charge in [-0.15, -0.1) is 12.4 Å². The Hall–Kier alpha value is -0.390. The Bertz CT molecular complexity index is 465. The predicted octanol–water partition coefficient (Wildman–Crippen LogP) is 2.87. The zero-order valence-corrected chi connectivity index (χ0v) is 14.0. The van der Waals surface area contributed by atoms with Gasteiger partial charge in [0, 0.05) is 49.3 Å². The smallest absolute Gasteiger partial charge is 0.124 e. The molecule has 1 aliphatic heterocycles. The van der Waals surface area contributed by atoms with E-state index in [4.69, 9.17) is 11.6 Å². The van der Waals surface area contributed by atoms with Crippen LogP contribution in [0.25, 0.3) is 0 Å². The molecule has 0 bridgehead atoms. The van der Waals surface area contributed by atoms with Gasteiger partial charge in [-0.05, 0) is 17.7 Å². The van der Waals surface area contributed by atoms with Crippen molar-refractivity contribution in [3.8, 4) is 0 Å². The van der Waals surface area contributed by atoms with Crippen molar-refractivity contribution in [2.75, 3.05) is 32.8 Å². The molecule has 0 aliphatic carbocycles. The van der Waals surface area contributed by atoms with Crippen LogP contribution in [0.3, 0.4) is 0 Å². The highest BCUT2D eigenvalue weighted by Gasteiger charge is 2.36. The largest absolute Gasteiger partial charge is 0.396 e. The second kappa shape index (κ2) is 7.75. The summed E-state index contributed by atoms with van der Waals surface area (Å²) in [6.07, 6.45) is 0. The van der Waals surface area contributed by atoms with Gasteiger partial charge in [0.05, 0.1) is 0 Å². The number of halogens is 3. The summed E-state index contributed by atoms with van der Waals surface area (Å²) in [7, 11) is 0. The summed E-state index contributed by atoms with van der Waals surface area (Å²) in [5, 5.41) is 13.5. The highest BCUT2D eigenvalue weighted by atomic mass is 35.5. The fraction of sp³-hybridized carbons (Fsp3) is 0.600. The Morgan fingerprint density at radius 3 is 2.52 bits per heavy atom. The van der Waals surface area contributed by atoms with Gasteiger partial charge in [0.2, 0.25) is 0 Å². The molecule has 2 rings (SSSR count). The Kier molecular flexibility index (Phi) is 6.88. The third-order valence-electron chi connectivity index (χ3n) is 3.92. The Balaban J connectivity index is 0.00000220. The van der Waals surface area contributed by atoms with Gasteiger partial charge in [0.15, 0.2) is 0 Å². The van der Waals surface area contributed by atoms with Crippen molar-refractivity contribution < 1.29 is 9.50 Å². The zero-order chi connectivity index (χ0) is 14.8. The van der Waals surface area contributed by atoms with Crippen molar-refractivity contribution in [3.05, 3.63) is 34.6 Å². The van der Waals surface area contributed by atoms with Crippen LogP contribution in [0.5, 0.6) is 0 Å². The molecule has 6 heteroatoms. The van der Waals surface area contributed by atoms with E-state index in [0.29, 0.717) is 5.02 Å². The van der Waals surface area contributed by atoms with E-state index in [1.54, 1.807) is 6.07 Å². The number of rotatable bonds is 4. The molecule has 1 atom stereocenters. The summed E-state index contributed by atoms with van der Waals surface area (Å²) >= 11 is 6.24. The van der Waals surface area contributed by atoms with Gasteiger partial charge >= 0.3 is 0 Å². The summed E-state index contributed by atoms with van der Waals surface area (Å²) in [5.41, 5.74) is 0.535. The van der Waals surface area contributed by atoms with Crippen molar-refractivity contribution >= 4 is 24.0 Å². The molecule has 0 saturated carbocycles. The van der Waals surface area contributed by atoms with Crippen molar-refractivity contribution in [1.29, 1.82) is 0 Å². The monoisotopic (exact) mass is 336 g/mol. The maximum atomic E-state index is 13.3. The van der Waals surface area contributed by atoms with Gasteiger partial charge in [-0.2, -0.15) is 0 Å². The van der Waals surface area contributed by atoms with Gasteiger partial charge in [-0.3, -0.25) is 4.90 Å². The molecule has 0 unspecified atom stereocenters. The lowest BCUT2D eigenvalue weighted by atomic mass is 9.79. The number of piperazine rings is 1. The summed E-state index contributed by atoms with van der Waals surface area (Å²) < 4.78 is 13.3.